The quantitative estimate of drug-likeness (QED) is 0.866. The first-order valence-corrected chi connectivity index (χ1v) is 7.92. The van der Waals surface area contributed by atoms with Crippen molar-refractivity contribution in [3.8, 4) is 0 Å². The van der Waals surface area contributed by atoms with E-state index in [1.54, 1.807) is 0 Å². The molecule has 0 amide bonds. The Morgan fingerprint density at radius 2 is 1.89 bits per heavy atom. The summed E-state index contributed by atoms with van der Waals surface area (Å²) < 4.78 is 0. The molecule has 18 heavy (non-hydrogen) atoms. The summed E-state index contributed by atoms with van der Waals surface area (Å²) >= 11 is 2.01. The summed E-state index contributed by atoms with van der Waals surface area (Å²) in [6.45, 7) is 0. The van der Waals surface area contributed by atoms with Gasteiger partial charge in [0.15, 0.2) is 0 Å². The van der Waals surface area contributed by atoms with Crippen molar-refractivity contribution in [2.45, 2.75) is 30.6 Å². The fourth-order valence-electron chi connectivity index (χ4n) is 2.80. The second-order valence-electron chi connectivity index (χ2n) is 5.07. The Labute approximate surface area is 113 Å². The lowest BCUT2D eigenvalue weighted by molar-refractivity contribution is 0.757. The average Bonchev–Trinajstić information content (AvgIpc) is 2.86. The van der Waals surface area contributed by atoms with Gasteiger partial charge in [0, 0.05) is 17.0 Å². The van der Waals surface area contributed by atoms with Crippen LogP contribution in [0.4, 0.5) is 5.69 Å². The molecule has 94 valence electrons. The van der Waals surface area contributed by atoms with Gasteiger partial charge in [-0.05, 0) is 48.4 Å². The van der Waals surface area contributed by atoms with Gasteiger partial charge in [-0.2, -0.15) is 11.8 Å². The molecule has 1 N–H and O–H groups in total. The van der Waals surface area contributed by atoms with E-state index < -0.39 is 0 Å². The van der Waals surface area contributed by atoms with E-state index >= 15 is 0 Å². The van der Waals surface area contributed by atoms with E-state index in [1.165, 1.54) is 35.7 Å². The Morgan fingerprint density at radius 3 is 2.67 bits per heavy atom. The zero-order chi connectivity index (χ0) is 12.4. The summed E-state index contributed by atoms with van der Waals surface area (Å²) in [4.78, 5) is 0. The molecule has 0 spiro atoms. The van der Waals surface area contributed by atoms with Crippen LogP contribution in [-0.2, 0) is 0 Å². The molecular weight excluding hydrogens is 238 g/mol. The Bertz CT molecular complexity index is 537. The number of thioether (sulfide) groups is 1. The number of rotatable bonds is 3. The molecule has 1 fully saturated rings. The van der Waals surface area contributed by atoms with Crippen LogP contribution in [0.25, 0.3) is 10.8 Å². The molecule has 0 radical (unpaired) electrons. The normalized spacial score (nSPS) is 23.4. The van der Waals surface area contributed by atoms with Crippen LogP contribution < -0.4 is 5.32 Å². The van der Waals surface area contributed by atoms with E-state index in [2.05, 4.69) is 54.0 Å². The molecule has 0 heterocycles. The van der Waals surface area contributed by atoms with Crippen molar-refractivity contribution in [3.05, 3.63) is 42.5 Å². The first-order valence-electron chi connectivity index (χ1n) is 6.63. The second kappa shape index (κ2) is 5.23. The Balaban J connectivity index is 1.75. The molecule has 0 bridgehead atoms. The molecule has 1 aliphatic rings. The molecule has 0 aromatic heterocycles. The highest BCUT2D eigenvalue weighted by Gasteiger charge is 2.23. The molecule has 0 aliphatic heterocycles. The summed E-state index contributed by atoms with van der Waals surface area (Å²) in [6.07, 6.45) is 6.18. The highest BCUT2D eigenvalue weighted by Crippen LogP contribution is 2.30. The third kappa shape index (κ3) is 2.49. The van der Waals surface area contributed by atoms with Gasteiger partial charge in [-0.1, -0.05) is 30.3 Å². The van der Waals surface area contributed by atoms with E-state index in [0.29, 0.717) is 6.04 Å². The van der Waals surface area contributed by atoms with Gasteiger partial charge >= 0.3 is 0 Å². The van der Waals surface area contributed by atoms with Crippen LogP contribution in [0, 0.1) is 0 Å². The lowest BCUT2D eigenvalue weighted by Crippen LogP contribution is -2.15. The standard InChI is InChI=1S/C16H19NS/c1-18-16-9-8-15(11-16)17-14-7-6-12-4-2-3-5-13(12)10-14/h2-7,10,15-17H,8-9,11H2,1H3. The Hall–Kier alpha value is -1.15. The van der Waals surface area contributed by atoms with Gasteiger partial charge in [0.05, 0.1) is 0 Å². The van der Waals surface area contributed by atoms with E-state index in [-0.39, 0.29) is 0 Å². The van der Waals surface area contributed by atoms with Crippen LogP contribution >= 0.6 is 11.8 Å². The Kier molecular flexibility index (Phi) is 3.46. The highest BCUT2D eigenvalue weighted by molar-refractivity contribution is 7.99. The van der Waals surface area contributed by atoms with Gasteiger partial charge in [-0.25, -0.2) is 0 Å². The minimum absolute atomic E-state index is 0.656. The number of hydrogen-bond donors (Lipinski definition) is 1. The third-order valence-corrected chi connectivity index (χ3v) is 4.93. The maximum absolute atomic E-state index is 3.68. The van der Waals surface area contributed by atoms with Gasteiger partial charge in [-0.3, -0.25) is 0 Å². The fourth-order valence-corrected chi connectivity index (χ4v) is 3.60. The van der Waals surface area contributed by atoms with Crippen LogP contribution in [0.1, 0.15) is 19.3 Å². The van der Waals surface area contributed by atoms with Crippen LogP contribution in [-0.4, -0.2) is 17.5 Å². The maximum Gasteiger partial charge on any atom is 0.0348 e. The lowest BCUT2D eigenvalue weighted by Gasteiger charge is -2.14. The van der Waals surface area contributed by atoms with Crippen molar-refractivity contribution in [2.75, 3.05) is 11.6 Å². The summed E-state index contributed by atoms with van der Waals surface area (Å²) in [6, 6.07) is 15.9. The lowest BCUT2D eigenvalue weighted by atomic mass is 10.1. The molecule has 2 aromatic rings. The van der Waals surface area contributed by atoms with Crippen LogP contribution in [0.2, 0.25) is 0 Å². The number of benzene rings is 2. The molecule has 1 saturated carbocycles. The molecular formula is C16H19NS. The van der Waals surface area contributed by atoms with Gasteiger partial charge in [-0.15, -0.1) is 0 Å². The number of fused-ring (bicyclic) bond motifs is 1. The molecule has 2 unspecified atom stereocenters. The van der Waals surface area contributed by atoms with E-state index in [9.17, 15) is 0 Å². The zero-order valence-corrected chi connectivity index (χ0v) is 11.5. The summed E-state index contributed by atoms with van der Waals surface area (Å²) in [5.41, 5.74) is 1.26. The van der Waals surface area contributed by atoms with Gasteiger partial charge < -0.3 is 5.32 Å². The SMILES string of the molecule is CSC1CCC(Nc2ccc3ccccc3c2)C1. The van der Waals surface area contributed by atoms with Gasteiger partial charge in [0.2, 0.25) is 0 Å². The predicted octanol–water partition coefficient (Wildman–Crippen LogP) is 4.54. The van der Waals surface area contributed by atoms with Crippen molar-refractivity contribution in [2.24, 2.45) is 0 Å². The topological polar surface area (TPSA) is 12.0 Å². The van der Waals surface area contributed by atoms with Crippen molar-refractivity contribution in [1.29, 1.82) is 0 Å². The number of anilines is 1. The Morgan fingerprint density at radius 1 is 1.06 bits per heavy atom. The third-order valence-electron chi connectivity index (χ3n) is 3.84. The molecule has 2 atom stereocenters. The minimum atomic E-state index is 0.656. The second-order valence-corrected chi connectivity index (χ2v) is 6.21. The highest BCUT2D eigenvalue weighted by atomic mass is 32.2. The van der Waals surface area contributed by atoms with Crippen molar-refractivity contribution in [3.63, 3.8) is 0 Å². The minimum Gasteiger partial charge on any atom is -0.382 e. The van der Waals surface area contributed by atoms with Crippen LogP contribution in [0.3, 0.4) is 0 Å². The monoisotopic (exact) mass is 257 g/mol. The van der Waals surface area contributed by atoms with Crippen LogP contribution in [0.5, 0.6) is 0 Å². The van der Waals surface area contributed by atoms with Crippen molar-refractivity contribution < 1.29 is 0 Å². The molecule has 1 nitrogen and oxygen atoms in total. The number of hydrogen-bond acceptors (Lipinski definition) is 2. The molecule has 0 saturated heterocycles. The van der Waals surface area contributed by atoms with Crippen molar-refractivity contribution in [1.82, 2.24) is 0 Å². The molecule has 2 aromatic carbocycles. The summed E-state index contributed by atoms with van der Waals surface area (Å²) in [5.74, 6) is 0. The van der Waals surface area contributed by atoms with E-state index in [4.69, 9.17) is 0 Å². The van der Waals surface area contributed by atoms with Crippen molar-refractivity contribution >= 4 is 28.2 Å². The average molecular weight is 257 g/mol. The van der Waals surface area contributed by atoms with E-state index in [1.807, 2.05) is 11.8 Å². The predicted molar refractivity (Wildman–Crippen MR) is 82.5 cm³/mol. The van der Waals surface area contributed by atoms with Crippen LogP contribution in [0.15, 0.2) is 42.5 Å². The first kappa shape index (κ1) is 11.9. The van der Waals surface area contributed by atoms with Gasteiger partial charge in [0.25, 0.3) is 0 Å². The maximum atomic E-state index is 3.68. The summed E-state index contributed by atoms with van der Waals surface area (Å²) in [7, 11) is 0. The molecule has 2 heteroatoms. The summed E-state index contributed by atoms with van der Waals surface area (Å²) in [5, 5.41) is 7.17. The van der Waals surface area contributed by atoms with Gasteiger partial charge in [0.1, 0.15) is 0 Å². The van der Waals surface area contributed by atoms with E-state index in [0.717, 1.165) is 5.25 Å². The molecule has 1 aliphatic carbocycles. The fraction of sp³-hybridized carbons (Fsp3) is 0.375. The largest absolute Gasteiger partial charge is 0.382 e. The smallest absolute Gasteiger partial charge is 0.0348 e. The number of nitrogens with one attached hydrogen (secondary N) is 1. The zero-order valence-electron chi connectivity index (χ0n) is 10.7. The first-order chi connectivity index (χ1) is 8.85. The molecule has 3 rings (SSSR count).